The van der Waals surface area contributed by atoms with Gasteiger partial charge in [0.1, 0.15) is 0 Å². The van der Waals surface area contributed by atoms with Crippen LogP contribution in [0, 0.1) is 0 Å². The number of rotatable bonds is 6. The first-order chi connectivity index (χ1) is 9.41. The number of hydrogen-bond acceptors (Lipinski definition) is 4. The number of sulfonamides is 1. The number of H-pyrrole nitrogens is 1. The Morgan fingerprint density at radius 2 is 2.30 bits per heavy atom. The Balaban J connectivity index is 2.09. The van der Waals surface area contributed by atoms with Gasteiger partial charge in [-0.25, -0.2) is 8.42 Å². The number of nitrogens with one attached hydrogen (secondary N) is 2. The van der Waals surface area contributed by atoms with E-state index in [-0.39, 0.29) is 6.04 Å². The van der Waals surface area contributed by atoms with E-state index in [1.165, 1.54) is 4.31 Å². The summed E-state index contributed by atoms with van der Waals surface area (Å²) in [7, 11) is -1.83. The van der Waals surface area contributed by atoms with Gasteiger partial charge in [-0.3, -0.25) is 0 Å². The number of aromatic amines is 1. The van der Waals surface area contributed by atoms with E-state index in [9.17, 15) is 8.42 Å². The summed E-state index contributed by atoms with van der Waals surface area (Å²) in [5.74, 6) is 0. The van der Waals surface area contributed by atoms with Crippen LogP contribution in [0.25, 0.3) is 0 Å². The average Bonchev–Trinajstić information content (AvgIpc) is 3.06. The molecule has 2 rings (SSSR count). The molecule has 114 valence electrons. The first-order valence-corrected chi connectivity index (χ1v) is 8.31. The van der Waals surface area contributed by atoms with Crippen molar-refractivity contribution in [2.24, 2.45) is 0 Å². The van der Waals surface area contributed by atoms with Crippen LogP contribution >= 0.6 is 0 Å². The van der Waals surface area contributed by atoms with Crippen LogP contribution in [-0.4, -0.2) is 50.1 Å². The molecule has 1 aliphatic heterocycles. The fourth-order valence-corrected chi connectivity index (χ4v) is 3.55. The largest absolute Gasteiger partial charge is 0.380 e. The van der Waals surface area contributed by atoms with Gasteiger partial charge in [-0.15, -0.1) is 0 Å². The lowest BCUT2D eigenvalue weighted by atomic mass is 10.3. The Morgan fingerprint density at radius 3 is 2.90 bits per heavy atom. The maximum Gasteiger partial charge on any atom is 0.244 e. The normalized spacial score (nSPS) is 20.1. The van der Waals surface area contributed by atoms with Gasteiger partial charge < -0.3 is 15.0 Å². The second-order valence-corrected chi connectivity index (χ2v) is 7.43. The maximum atomic E-state index is 12.5. The van der Waals surface area contributed by atoms with Gasteiger partial charge in [0.25, 0.3) is 0 Å². The van der Waals surface area contributed by atoms with Crippen molar-refractivity contribution in [2.75, 3.05) is 20.3 Å². The zero-order chi connectivity index (χ0) is 14.8. The molecule has 1 unspecified atom stereocenters. The predicted octanol–water partition coefficient (Wildman–Crippen LogP) is 0.922. The van der Waals surface area contributed by atoms with Gasteiger partial charge in [0.2, 0.25) is 10.0 Å². The van der Waals surface area contributed by atoms with Crippen molar-refractivity contribution in [3.63, 3.8) is 0 Å². The Morgan fingerprint density at radius 1 is 1.55 bits per heavy atom. The summed E-state index contributed by atoms with van der Waals surface area (Å²) < 4.78 is 31.7. The van der Waals surface area contributed by atoms with Crippen molar-refractivity contribution in [3.05, 3.63) is 18.0 Å². The highest BCUT2D eigenvalue weighted by Crippen LogP contribution is 2.21. The molecule has 0 bridgehead atoms. The fraction of sp³-hybridized carbons (Fsp3) is 0.692. The van der Waals surface area contributed by atoms with Crippen LogP contribution in [0.1, 0.15) is 26.0 Å². The van der Waals surface area contributed by atoms with Crippen molar-refractivity contribution in [3.8, 4) is 0 Å². The lowest BCUT2D eigenvalue weighted by molar-refractivity contribution is 0.181. The third kappa shape index (κ3) is 3.41. The summed E-state index contributed by atoms with van der Waals surface area (Å²) >= 11 is 0. The molecule has 0 saturated carbocycles. The number of aromatic nitrogens is 1. The zero-order valence-corrected chi connectivity index (χ0v) is 13.0. The van der Waals surface area contributed by atoms with Crippen LogP contribution in [0.4, 0.5) is 0 Å². The summed E-state index contributed by atoms with van der Waals surface area (Å²) in [5.41, 5.74) is 0.869. The van der Waals surface area contributed by atoms with Gasteiger partial charge in [-0.05, 0) is 12.5 Å². The summed E-state index contributed by atoms with van der Waals surface area (Å²) in [6.07, 6.45) is 2.31. The van der Waals surface area contributed by atoms with Crippen molar-refractivity contribution in [2.45, 2.75) is 43.8 Å². The van der Waals surface area contributed by atoms with Crippen LogP contribution in [0.3, 0.4) is 0 Å². The van der Waals surface area contributed by atoms with Crippen LogP contribution in [-0.2, 0) is 21.3 Å². The molecule has 1 aliphatic rings. The Hall–Kier alpha value is -0.890. The van der Waals surface area contributed by atoms with Gasteiger partial charge in [-0.1, -0.05) is 13.8 Å². The fourth-order valence-electron chi connectivity index (χ4n) is 2.16. The first kappa shape index (κ1) is 15.5. The van der Waals surface area contributed by atoms with E-state index >= 15 is 0 Å². The van der Waals surface area contributed by atoms with E-state index in [0.29, 0.717) is 30.7 Å². The Kier molecular flexibility index (Phi) is 4.85. The summed E-state index contributed by atoms with van der Waals surface area (Å²) in [6.45, 7) is 5.83. The third-order valence-electron chi connectivity index (χ3n) is 3.51. The molecule has 1 atom stereocenters. The molecule has 0 spiro atoms. The van der Waals surface area contributed by atoms with Crippen LogP contribution in [0.15, 0.2) is 17.2 Å². The zero-order valence-electron chi connectivity index (χ0n) is 12.2. The number of likely N-dealkylation sites (N-methyl/N-ethyl adjacent to an activating group) is 1. The van der Waals surface area contributed by atoms with Gasteiger partial charge in [-0.2, -0.15) is 4.31 Å². The van der Waals surface area contributed by atoms with Gasteiger partial charge in [0, 0.05) is 38.1 Å². The molecule has 0 amide bonds. The van der Waals surface area contributed by atoms with Crippen LogP contribution in [0.2, 0.25) is 0 Å². The molecule has 1 fully saturated rings. The van der Waals surface area contributed by atoms with Crippen molar-refractivity contribution < 1.29 is 13.2 Å². The van der Waals surface area contributed by atoms with E-state index < -0.39 is 10.0 Å². The molecule has 0 aromatic carbocycles. The Labute approximate surface area is 120 Å². The minimum absolute atomic E-state index is 0.0628. The van der Waals surface area contributed by atoms with Crippen LogP contribution < -0.4 is 5.32 Å². The topological polar surface area (TPSA) is 74.4 Å². The molecule has 7 heteroatoms. The molecule has 0 aliphatic carbocycles. The standard InChI is InChI=1S/C13H23N3O3S/c1-10(2)14-7-11-6-13(8-15-11)20(17,18)16(3)12-4-5-19-9-12/h6,8,10,12,14-15H,4-5,7,9H2,1-3H3. The number of nitrogens with zero attached hydrogens (tertiary/aromatic N) is 1. The summed E-state index contributed by atoms with van der Waals surface area (Å²) in [6, 6.07) is 1.99. The smallest absolute Gasteiger partial charge is 0.244 e. The number of hydrogen-bond donors (Lipinski definition) is 2. The van der Waals surface area contributed by atoms with Crippen molar-refractivity contribution in [1.29, 1.82) is 0 Å². The SMILES string of the molecule is CC(C)NCc1cc(S(=O)(=O)N(C)C2CCOC2)c[nH]1. The van der Waals surface area contributed by atoms with Crippen LogP contribution in [0.5, 0.6) is 0 Å². The van der Waals surface area contributed by atoms with E-state index in [0.717, 1.165) is 12.1 Å². The lowest BCUT2D eigenvalue weighted by Crippen LogP contribution is -2.37. The second kappa shape index (κ2) is 6.26. The molecule has 1 aromatic rings. The molecule has 20 heavy (non-hydrogen) atoms. The van der Waals surface area contributed by atoms with Crippen molar-refractivity contribution in [1.82, 2.24) is 14.6 Å². The molecule has 2 heterocycles. The highest BCUT2D eigenvalue weighted by Gasteiger charge is 2.31. The predicted molar refractivity (Wildman–Crippen MR) is 76.9 cm³/mol. The molecule has 6 nitrogen and oxygen atoms in total. The quantitative estimate of drug-likeness (QED) is 0.819. The van der Waals surface area contributed by atoms with Crippen molar-refractivity contribution >= 4 is 10.0 Å². The summed E-state index contributed by atoms with van der Waals surface area (Å²) in [5, 5.41) is 3.25. The molecular formula is C13H23N3O3S. The third-order valence-corrected chi connectivity index (χ3v) is 5.40. The Bertz CT molecular complexity index is 533. The highest BCUT2D eigenvalue weighted by molar-refractivity contribution is 7.89. The maximum absolute atomic E-state index is 12.5. The highest BCUT2D eigenvalue weighted by atomic mass is 32.2. The number of ether oxygens (including phenoxy) is 1. The van der Waals surface area contributed by atoms with Gasteiger partial charge in [0.05, 0.1) is 17.5 Å². The van der Waals surface area contributed by atoms with E-state index in [1.54, 1.807) is 19.3 Å². The van der Waals surface area contributed by atoms with Gasteiger partial charge in [0.15, 0.2) is 0 Å². The molecule has 2 N–H and O–H groups in total. The molecule has 0 radical (unpaired) electrons. The minimum atomic E-state index is -3.45. The monoisotopic (exact) mass is 301 g/mol. The van der Waals surface area contributed by atoms with Gasteiger partial charge >= 0.3 is 0 Å². The summed E-state index contributed by atoms with van der Waals surface area (Å²) in [4.78, 5) is 3.33. The minimum Gasteiger partial charge on any atom is -0.380 e. The van der Waals surface area contributed by atoms with E-state index in [4.69, 9.17) is 4.74 Å². The molecular weight excluding hydrogens is 278 g/mol. The molecule has 1 aromatic heterocycles. The lowest BCUT2D eigenvalue weighted by Gasteiger charge is -2.21. The second-order valence-electron chi connectivity index (χ2n) is 5.43. The average molecular weight is 301 g/mol. The first-order valence-electron chi connectivity index (χ1n) is 6.87. The van der Waals surface area contributed by atoms with E-state index in [2.05, 4.69) is 24.1 Å². The molecule has 1 saturated heterocycles. The van der Waals surface area contributed by atoms with E-state index in [1.807, 2.05) is 0 Å².